The summed E-state index contributed by atoms with van der Waals surface area (Å²) < 4.78 is 2.44. The maximum Gasteiger partial charge on any atom is 0.0541 e. The molecule has 0 fully saturated rings. The average molecular weight is 815 g/mol. The van der Waals surface area contributed by atoms with Crippen molar-refractivity contribution in [2.24, 2.45) is 0 Å². The first-order chi connectivity index (χ1) is 31.8. The maximum absolute atomic E-state index is 2.44. The van der Waals surface area contributed by atoms with E-state index in [0.717, 1.165) is 33.9 Å². The van der Waals surface area contributed by atoms with E-state index in [1.165, 1.54) is 76.7 Å². The van der Waals surface area contributed by atoms with Crippen LogP contribution in [0.1, 0.15) is 0 Å². The van der Waals surface area contributed by atoms with Gasteiger partial charge in [-0.25, -0.2) is 0 Å². The highest BCUT2D eigenvalue weighted by molar-refractivity contribution is 6.10. The Bertz CT molecular complexity index is 3500. The Morgan fingerprint density at radius 1 is 0.250 bits per heavy atom. The minimum absolute atomic E-state index is 1.07. The first kappa shape index (κ1) is 37.3. The van der Waals surface area contributed by atoms with E-state index in [4.69, 9.17) is 0 Å². The summed E-state index contributed by atoms with van der Waals surface area (Å²) in [6, 6.07) is 92.8. The van der Waals surface area contributed by atoms with Crippen molar-refractivity contribution in [2.45, 2.75) is 0 Å². The fourth-order valence-corrected chi connectivity index (χ4v) is 9.87. The molecule has 0 atom stereocenters. The van der Waals surface area contributed by atoms with Crippen molar-refractivity contribution in [1.29, 1.82) is 0 Å². The summed E-state index contributed by atoms with van der Waals surface area (Å²) in [7, 11) is 0. The zero-order valence-electron chi connectivity index (χ0n) is 35.1. The molecule has 0 N–H and O–H groups in total. The lowest BCUT2D eigenvalue weighted by atomic mass is 9.92. The Balaban J connectivity index is 1.08. The molecule has 64 heavy (non-hydrogen) atoms. The van der Waals surface area contributed by atoms with E-state index < -0.39 is 0 Å². The van der Waals surface area contributed by atoms with E-state index in [-0.39, 0.29) is 0 Å². The van der Waals surface area contributed by atoms with E-state index in [2.05, 4.69) is 264 Å². The van der Waals surface area contributed by atoms with Crippen LogP contribution in [0.4, 0.5) is 17.1 Å². The van der Waals surface area contributed by atoms with Crippen LogP contribution in [-0.4, -0.2) is 4.57 Å². The van der Waals surface area contributed by atoms with Gasteiger partial charge in [0.1, 0.15) is 0 Å². The number of anilines is 3. The third-order valence-corrected chi connectivity index (χ3v) is 12.8. The standard InChI is InChI=1S/C62H42N2/c1-2-18-45(19-3-1)59-42-50(38-39-55(59)56-30-8-11-35-60(56)64-61-36-12-9-31-57(61)58-32-10-13-37-62(58)64)63(48-26-14-24-46(40-48)53-33-16-22-43-20-4-6-28-51(43)53)49-27-15-25-47(41-49)54-34-17-23-44-21-5-7-29-52(44)54/h1-42H. The van der Waals surface area contributed by atoms with E-state index in [1.54, 1.807) is 0 Å². The monoisotopic (exact) mass is 814 g/mol. The zero-order valence-corrected chi connectivity index (χ0v) is 35.1. The average Bonchev–Trinajstić information content (AvgIpc) is 3.71. The second-order valence-electron chi connectivity index (χ2n) is 16.5. The molecule has 0 aliphatic carbocycles. The van der Waals surface area contributed by atoms with Gasteiger partial charge in [-0.05, 0) is 115 Å². The highest BCUT2D eigenvalue weighted by atomic mass is 15.1. The molecule has 0 saturated heterocycles. The van der Waals surface area contributed by atoms with Gasteiger partial charge in [-0.3, -0.25) is 0 Å². The highest BCUT2D eigenvalue weighted by Gasteiger charge is 2.21. The largest absolute Gasteiger partial charge is 0.310 e. The van der Waals surface area contributed by atoms with Crippen LogP contribution in [0.5, 0.6) is 0 Å². The number of para-hydroxylation sites is 3. The normalized spacial score (nSPS) is 11.4. The summed E-state index contributed by atoms with van der Waals surface area (Å²) in [5.41, 5.74) is 16.2. The third-order valence-electron chi connectivity index (χ3n) is 12.8. The topological polar surface area (TPSA) is 8.17 Å². The molecule has 0 aliphatic rings. The minimum atomic E-state index is 1.07. The smallest absolute Gasteiger partial charge is 0.0541 e. The fourth-order valence-electron chi connectivity index (χ4n) is 9.87. The molecule has 0 saturated carbocycles. The van der Waals surface area contributed by atoms with Gasteiger partial charge in [0.25, 0.3) is 0 Å². The van der Waals surface area contributed by atoms with E-state index in [9.17, 15) is 0 Å². The Hall–Kier alpha value is -8.46. The zero-order chi connectivity index (χ0) is 42.4. The van der Waals surface area contributed by atoms with Gasteiger partial charge in [-0.15, -0.1) is 0 Å². The van der Waals surface area contributed by atoms with E-state index in [1.807, 2.05) is 0 Å². The molecule has 0 aliphatic heterocycles. The Kier molecular flexibility index (Phi) is 9.20. The second-order valence-corrected chi connectivity index (χ2v) is 16.5. The van der Waals surface area contributed by atoms with Crippen LogP contribution in [0.3, 0.4) is 0 Å². The molecule has 0 bridgehead atoms. The number of fused-ring (bicyclic) bond motifs is 5. The Morgan fingerprint density at radius 3 is 1.30 bits per heavy atom. The first-order valence-electron chi connectivity index (χ1n) is 22.0. The molecule has 0 spiro atoms. The summed E-state index contributed by atoms with van der Waals surface area (Å²) in [6.07, 6.45) is 0. The first-order valence-corrected chi connectivity index (χ1v) is 22.0. The molecule has 2 heteroatoms. The van der Waals surface area contributed by atoms with Crippen molar-refractivity contribution >= 4 is 60.4 Å². The van der Waals surface area contributed by atoms with Gasteiger partial charge in [-0.2, -0.15) is 0 Å². The second kappa shape index (κ2) is 15.8. The van der Waals surface area contributed by atoms with Crippen molar-refractivity contribution in [3.8, 4) is 50.2 Å². The quantitative estimate of drug-likeness (QED) is 0.148. The SMILES string of the molecule is c1ccc(-c2cc(N(c3cccc(-c4cccc5ccccc45)c3)c3cccc(-c4cccc5ccccc45)c3)ccc2-c2ccccc2-n2c3ccccc3c3ccccc32)cc1. The van der Waals surface area contributed by atoms with E-state index >= 15 is 0 Å². The summed E-state index contributed by atoms with van der Waals surface area (Å²) in [5, 5.41) is 7.44. The van der Waals surface area contributed by atoms with Crippen molar-refractivity contribution in [1.82, 2.24) is 4.57 Å². The lowest BCUT2D eigenvalue weighted by molar-refractivity contribution is 1.18. The van der Waals surface area contributed by atoms with Gasteiger partial charge in [0.15, 0.2) is 0 Å². The molecule has 0 unspecified atom stereocenters. The van der Waals surface area contributed by atoms with Crippen molar-refractivity contribution in [3.63, 3.8) is 0 Å². The van der Waals surface area contributed by atoms with Crippen LogP contribution >= 0.6 is 0 Å². The summed E-state index contributed by atoms with van der Waals surface area (Å²) >= 11 is 0. The molecular formula is C62H42N2. The summed E-state index contributed by atoms with van der Waals surface area (Å²) in [6.45, 7) is 0. The third kappa shape index (κ3) is 6.44. The predicted octanol–water partition coefficient (Wildman–Crippen LogP) is 17.2. The van der Waals surface area contributed by atoms with Gasteiger partial charge in [0.2, 0.25) is 0 Å². The number of nitrogens with zero attached hydrogens (tertiary/aromatic N) is 2. The van der Waals surface area contributed by atoms with Gasteiger partial charge < -0.3 is 9.47 Å². The Labute approximate surface area is 373 Å². The molecule has 0 amide bonds. The fraction of sp³-hybridized carbons (Fsp3) is 0. The number of rotatable bonds is 8. The Morgan fingerprint density at radius 2 is 0.688 bits per heavy atom. The van der Waals surface area contributed by atoms with Gasteiger partial charge in [0.05, 0.1) is 16.7 Å². The molecule has 0 radical (unpaired) electrons. The van der Waals surface area contributed by atoms with Crippen LogP contribution in [0.25, 0.3) is 93.5 Å². The molecule has 1 aromatic heterocycles. The number of hydrogen-bond acceptors (Lipinski definition) is 1. The lowest BCUT2D eigenvalue weighted by Crippen LogP contribution is -2.10. The highest BCUT2D eigenvalue weighted by Crippen LogP contribution is 2.45. The van der Waals surface area contributed by atoms with Gasteiger partial charge in [0, 0.05) is 33.4 Å². The predicted molar refractivity (Wildman–Crippen MR) is 272 cm³/mol. The van der Waals surface area contributed by atoms with Crippen molar-refractivity contribution in [3.05, 3.63) is 255 Å². The van der Waals surface area contributed by atoms with Gasteiger partial charge >= 0.3 is 0 Å². The lowest BCUT2D eigenvalue weighted by Gasteiger charge is -2.28. The van der Waals surface area contributed by atoms with Crippen LogP contribution in [0.2, 0.25) is 0 Å². The number of benzene rings is 11. The summed E-state index contributed by atoms with van der Waals surface area (Å²) in [4.78, 5) is 2.43. The molecule has 2 nitrogen and oxygen atoms in total. The van der Waals surface area contributed by atoms with Gasteiger partial charge in [-0.1, -0.05) is 200 Å². The molecule has 11 aromatic carbocycles. The molecule has 12 rings (SSSR count). The van der Waals surface area contributed by atoms with Crippen LogP contribution < -0.4 is 4.90 Å². The molecule has 300 valence electrons. The van der Waals surface area contributed by atoms with Crippen LogP contribution in [-0.2, 0) is 0 Å². The maximum atomic E-state index is 2.44. The van der Waals surface area contributed by atoms with Crippen molar-refractivity contribution in [2.75, 3.05) is 4.90 Å². The van der Waals surface area contributed by atoms with Crippen LogP contribution in [0, 0.1) is 0 Å². The van der Waals surface area contributed by atoms with Crippen LogP contribution in [0.15, 0.2) is 255 Å². The minimum Gasteiger partial charge on any atom is -0.310 e. The van der Waals surface area contributed by atoms with E-state index in [0.29, 0.717) is 0 Å². The number of hydrogen-bond donors (Lipinski definition) is 0. The molecule has 1 heterocycles. The number of aromatic nitrogens is 1. The summed E-state index contributed by atoms with van der Waals surface area (Å²) in [5.74, 6) is 0. The molecular weight excluding hydrogens is 773 g/mol. The molecule has 12 aromatic rings. The van der Waals surface area contributed by atoms with Crippen molar-refractivity contribution < 1.29 is 0 Å².